The topological polar surface area (TPSA) is 67.9 Å². The smallest absolute Gasteiger partial charge is 0.227 e. The van der Waals surface area contributed by atoms with E-state index < -0.39 is 0 Å². The zero-order valence-corrected chi connectivity index (χ0v) is 20.7. The van der Waals surface area contributed by atoms with Gasteiger partial charge in [0.15, 0.2) is 11.5 Å². The van der Waals surface area contributed by atoms with Crippen molar-refractivity contribution in [2.75, 3.05) is 27.3 Å². The lowest BCUT2D eigenvalue weighted by atomic mass is 10.0. The first kappa shape index (κ1) is 25.8. The van der Waals surface area contributed by atoms with Crippen LogP contribution in [0.5, 0.6) is 11.5 Å². The average molecular weight is 475 g/mol. The minimum absolute atomic E-state index is 0.00526. The first-order valence-electron chi connectivity index (χ1n) is 11.9. The number of hydrogen-bond donors (Lipinski definition) is 1. The van der Waals surface area contributed by atoms with Crippen molar-refractivity contribution in [3.05, 3.63) is 95.6 Å². The molecule has 3 aromatic carbocycles. The second-order valence-electron chi connectivity index (χ2n) is 8.38. The molecule has 0 spiro atoms. The summed E-state index contributed by atoms with van der Waals surface area (Å²) in [7, 11) is 3.20. The van der Waals surface area contributed by atoms with E-state index in [4.69, 9.17) is 9.47 Å². The Balaban J connectivity index is 1.57. The maximum Gasteiger partial charge on any atom is 0.227 e. The first-order valence-corrected chi connectivity index (χ1v) is 11.9. The van der Waals surface area contributed by atoms with Crippen molar-refractivity contribution in [3.8, 4) is 11.5 Å². The van der Waals surface area contributed by atoms with Gasteiger partial charge in [-0.15, -0.1) is 0 Å². The Hall–Kier alpha value is -3.80. The van der Waals surface area contributed by atoms with Gasteiger partial charge in [0, 0.05) is 19.5 Å². The minimum atomic E-state index is -0.132. The van der Waals surface area contributed by atoms with Crippen LogP contribution in [-0.2, 0) is 22.4 Å². The molecule has 35 heavy (non-hydrogen) atoms. The Morgan fingerprint density at radius 2 is 1.51 bits per heavy atom. The van der Waals surface area contributed by atoms with Gasteiger partial charge in [0.05, 0.1) is 26.7 Å². The van der Waals surface area contributed by atoms with Crippen LogP contribution >= 0.6 is 0 Å². The maximum atomic E-state index is 13.2. The summed E-state index contributed by atoms with van der Waals surface area (Å²) in [5, 5.41) is 2.97. The van der Waals surface area contributed by atoms with Crippen LogP contribution in [0.4, 0.5) is 0 Å². The predicted octanol–water partition coefficient (Wildman–Crippen LogP) is 4.59. The molecule has 0 aliphatic heterocycles. The third-order valence-electron chi connectivity index (χ3n) is 6.03. The summed E-state index contributed by atoms with van der Waals surface area (Å²) in [6.07, 6.45) is 1.21. The fraction of sp³-hybridized carbons (Fsp3) is 0.310. The predicted molar refractivity (Wildman–Crippen MR) is 138 cm³/mol. The molecule has 3 rings (SSSR count). The summed E-state index contributed by atoms with van der Waals surface area (Å²) in [6.45, 7) is 2.86. The molecule has 1 atom stereocenters. The van der Waals surface area contributed by atoms with E-state index in [0.29, 0.717) is 37.4 Å². The standard InChI is InChI=1S/C29H34N2O4/c1-22(25-12-8-5-9-13-25)31(29(33)21-23-10-6-4-7-11-23)19-17-28(32)30-18-16-24-14-15-26(34-2)27(20-24)35-3/h4-15,20,22H,16-19,21H2,1-3H3,(H,30,32). The molecule has 6 nitrogen and oxygen atoms in total. The van der Waals surface area contributed by atoms with Crippen LogP contribution < -0.4 is 14.8 Å². The van der Waals surface area contributed by atoms with Gasteiger partial charge < -0.3 is 19.7 Å². The van der Waals surface area contributed by atoms with Gasteiger partial charge in [0.1, 0.15) is 0 Å². The molecule has 0 radical (unpaired) electrons. The molecular formula is C29H34N2O4. The van der Waals surface area contributed by atoms with Crippen molar-refractivity contribution in [2.45, 2.75) is 32.2 Å². The molecule has 0 bridgehead atoms. The quantitative estimate of drug-likeness (QED) is 0.417. The molecule has 0 heterocycles. The molecule has 0 aromatic heterocycles. The summed E-state index contributed by atoms with van der Waals surface area (Å²) in [5.41, 5.74) is 3.05. The van der Waals surface area contributed by atoms with Crippen molar-refractivity contribution >= 4 is 11.8 Å². The highest BCUT2D eigenvalue weighted by Crippen LogP contribution is 2.27. The highest BCUT2D eigenvalue weighted by molar-refractivity contribution is 5.81. The molecule has 6 heteroatoms. The fourth-order valence-corrected chi connectivity index (χ4v) is 4.01. The Bertz CT molecular complexity index is 1090. The van der Waals surface area contributed by atoms with E-state index in [1.807, 2.05) is 85.8 Å². The summed E-state index contributed by atoms with van der Waals surface area (Å²) < 4.78 is 10.6. The van der Waals surface area contributed by atoms with Gasteiger partial charge in [-0.3, -0.25) is 9.59 Å². The van der Waals surface area contributed by atoms with Crippen LogP contribution in [0.3, 0.4) is 0 Å². The summed E-state index contributed by atoms with van der Waals surface area (Å²) in [4.78, 5) is 27.6. The van der Waals surface area contributed by atoms with Gasteiger partial charge in [-0.25, -0.2) is 0 Å². The number of ether oxygens (including phenoxy) is 2. The van der Waals surface area contributed by atoms with Crippen LogP contribution in [-0.4, -0.2) is 44.0 Å². The molecule has 0 saturated carbocycles. The van der Waals surface area contributed by atoms with Gasteiger partial charge in [-0.1, -0.05) is 66.7 Å². The average Bonchev–Trinajstić information content (AvgIpc) is 2.89. The highest BCUT2D eigenvalue weighted by atomic mass is 16.5. The third-order valence-corrected chi connectivity index (χ3v) is 6.03. The van der Waals surface area contributed by atoms with Crippen molar-refractivity contribution < 1.29 is 19.1 Å². The van der Waals surface area contributed by atoms with Crippen LogP contribution in [0.1, 0.15) is 36.1 Å². The van der Waals surface area contributed by atoms with Crippen LogP contribution in [0.15, 0.2) is 78.9 Å². The van der Waals surface area contributed by atoms with Crippen LogP contribution in [0, 0.1) is 0 Å². The minimum Gasteiger partial charge on any atom is -0.493 e. The molecule has 0 aliphatic rings. The number of carbonyl (C=O) groups excluding carboxylic acids is 2. The second kappa shape index (κ2) is 13.2. The lowest BCUT2D eigenvalue weighted by Gasteiger charge is -2.30. The monoisotopic (exact) mass is 474 g/mol. The van der Waals surface area contributed by atoms with Gasteiger partial charge in [0.25, 0.3) is 0 Å². The van der Waals surface area contributed by atoms with Crippen LogP contribution in [0.25, 0.3) is 0 Å². The summed E-state index contributed by atoms with van der Waals surface area (Å²) in [6, 6.07) is 25.2. The summed E-state index contributed by atoms with van der Waals surface area (Å²) >= 11 is 0. The van der Waals surface area contributed by atoms with Gasteiger partial charge in [-0.05, 0) is 42.2 Å². The van der Waals surface area contributed by atoms with Crippen LogP contribution in [0.2, 0.25) is 0 Å². The Morgan fingerprint density at radius 1 is 0.857 bits per heavy atom. The number of rotatable bonds is 12. The van der Waals surface area contributed by atoms with E-state index in [0.717, 1.165) is 16.7 Å². The number of amides is 2. The van der Waals surface area contributed by atoms with E-state index in [9.17, 15) is 9.59 Å². The molecule has 1 N–H and O–H groups in total. The Morgan fingerprint density at radius 3 is 2.17 bits per heavy atom. The van der Waals surface area contributed by atoms with Gasteiger partial charge >= 0.3 is 0 Å². The van der Waals surface area contributed by atoms with E-state index in [1.54, 1.807) is 19.1 Å². The fourth-order valence-electron chi connectivity index (χ4n) is 4.01. The van der Waals surface area contributed by atoms with E-state index in [1.165, 1.54) is 0 Å². The van der Waals surface area contributed by atoms with Crippen molar-refractivity contribution in [2.24, 2.45) is 0 Å². The number of nitrogens with zero attached hydrogens (tertiary/aromatic N) is 1. The van der Waals surface area contributed by atoms with Crippen molar-refractivity contribution in [1.82, 2.24) is 10.2 Å². The lowest BCUT2D eigenvalue weighted by Crippen LogP contribution is -2.38. The lowest BCUT2D eigenvalue weighted by molar-refractivity contribution is -0.133. The zero-order chi connectivity index (χ0) is 25.0. The van der Waals surface area contributed by atoms with E-state index in [-0.39, 0.29) is 24.3 Å². The molecule has 2 amide bonds. The maximum absolute atomic E-state index is 13.2. The van der Waals surface area contributed by atoms with Gasteiger partial charge in [0.2, 0.25) is 11.8 Å². The van der Waals surface area contributed by atoms with Crippen molar-refractivity contribution in [3.63, 3.8) is 0 Å². The molecule has 0 saturated heterocycles. The summed E-state index contributed by atoms with van der Waals surface area (Å²) in [5.74, 6) is 1.26. The third kappa shape index (κ3) is 7.60. The number of methoxy groups -OCH3 is 2. The van der Waals surface area contributed by atoms with Crippen molar-refractivity contribution in [1.29, 1.82) is 0 Å². The molecule has 0 aliphatic carbocycles. The van der Waals surface area contributed by atoms with Gasteiger partial charge in [-0.2, -0.15) is 0 Å². The number of hydrogen-bond acceptors (Lipinski definition) is 4. The second-order valence-corrected chi connectivity index (χ2v) is 8.38. The highest BCUT2D eigenvalue weighted by Gasteiger charge is 2.22. The zero-order valence-electron chi connectivity index (χ0n) is 20.7. The van der Waals surface area contributed by atoms with E-state index in [2.05, 4.69) is 5.32 Å². The number of nitrogens with one attached hydrogen (secondary N) is 1. The molecule has 184 valence electrons. The largest absolute Gasteiger partial charge is 0.493 e. The Kier molecular flexibility index (Phi) is 9.72. The SMILES string of the molecule is COc1ccc(CCNC(=O)CCN(C(=O)Cc2ccccc2)C(C)c2ccccc2)cc1OC. The molecule has 0 fully saturated rings. The Labute approximate surface area is 207 Å². The molecule has 1 unspecified atom stereocenters. The molecule has 3 aromatic rings. The van der Waals surface area contributed by atoms with E-state index >= 15 is 0 Å². The normalized spacial score (nSPS) is 11.4. The number of benzene rings is 3. The first-order chi connectivity index (χ1) is 17.0. The number of carbonyl (C=O) groups is 2. The molecular weight excluding hydrogens is 440 g/mol.